The number of rotatable bonds is 5. The van der Waals surface area contributed by atoms with Crippen molar-refractivity contribution in [1.29, 1.82) is 0 Å². The predicted octanol–water partition coefficient (Wildman–Crippen LogP) is 1.36. The summed E-state index contributed by atoms with van der Waals surface area (Å²) in [4.78, 5) is 23.4. The van der Waals surface area contributed by atoms with Crippen molar-refractivity contribution >= 4 is 27.6 Å². The van der Waals surface area contributed by atoms with Crippen LogP contribution in [0, 0.1) is 0 Å². The van der Waals surface area contributed by atoms with Crippen LogP contribution in [0.3, 0.4) is 0 Å². The minimum absolute atomic E-state index is 0.205. The normalized spacial score (nSPS) is 11.0. The van der Waals surface area contributed by atoms with E-state index in [0.717, 1.165) is 6.07 Å². The van der Waals surface area contributed by atoms with Crippen molar-refractivity contribution in [2.75, 3.05) is 11.9 Å². The van der Waals surface area contributed by atoms with Gasteiger partial charge in [0.25, 0.3) is 15.9 Å². The zero-order valence-corrected chi connectivity index (χ0v) is 12.9. The van der Waals surface area contributed by atoms with Gasteiger partial charge >= 0.3 is 5.97 Å². The molecule has 0 saturated carbocycles. The number of amides is 1. The number of benzene rings is 1. The Kier molecular flexibility index (Phi) is 4.82. The van der Waals surface area contributed by atoms with Crippen LogP contribution in [0.15, 0.2) is 45.9 Å². The second-order valence-electron chi connectivity index (χ2n) is 4.42. The lowest BCUT2D eigenvalue weighted by Gasteiger charge is -2.05. The summed E-state index contributed by atoms with van der Waals surface area (Å²) >= 11 is 0. The molecular weight excluding hydrogens is 324 g/mol. The van der Waals surface area contributed by atoms with E-state index in [4.69, 9.17) is 14.3 Å². The molecule has 0 aliphatic carbocycles. The Morgan fingerprint density at radius 1 is 1.17 bits per heavy atom. The Morgan fingerprint density at radius 2 is 1.83 bits per heavy atom. The van der Waals surface area contributed by atoms with Crippen molar-refractivity contribution in [1.82, 2.24) is 0 Å². The van der Waals surface area contributed by atoms with Crippen LogP contribution in [-0.2, 0) is 14.8 Å². The number of sulfonamides is 1. The Hall–Kier alpha value is -2.65. The van der Waals surface area contributed by atoms with Crippen molar-refractivity contribution in [3.8, 4) is 0 Å². The summed E-state index contributed by atoms with van der Waals surface area (Å²) in [5, 5.41) is 6.90. The van der Waals surface area contributed by atoms with Gasteiger partial charge < -0.3 is 14.5 Å². The van der Waals surface area contributed by atoms with Gasteiger partial charge in [0.2, 0.25) is 5.09 Å². The first-order valence-corrected chi connectivity index (χ1v) is 8.07. The highest BCUT2D eigenvalue weighted by Gasteiger charge is 2.17. The van der Waals surface area contributed by atoms with E-state index in [-0.39, 0.29) is 12.4 Å². The van der Waals surface area contributed by atoms with Crippen LogP contribution in [0.1, 0.15) is 27.8 Å². The fraction of sp³-hybridized carbons (Fsp3) is 0.143. The monoisotopic (exact) mass is 338 g/mol. The first-order valence-electron chi connectivity index (χ1n) is 6.52. The lowest BCUT2D eigenvalue weighted by molar-refractivity contribution is 0.0526. The molecule has 2 rings (SSSR count). The van der Waals surface area contributed by atoms with Crippen LogP contribution in [-0.4, -0.2) is 26.9 Å². The van der Waals surface area contributed by atoms with Crippen LogP contribution < -0.4 is 10.5 Å². The van der Waals surface area contributed by atoms with Crippen LogP contribution in [0.2, 0.25) is 0 Å². The van der Waals surface area contributed by atoms with Crippen LogP contribution in [0.4, 0.5) is 5.69 Å². The molecule has 2 aromatic rings. The van der Waals surface area contributed by atoms with Crippen LogP contribution in [0.5, 0.6) is 0 Å². The van der Waals surface area contributed by atoms with Gasteiger partial charge in [-0.25, -0.2) is 18.4 Å². The average Bonchev–Trinajstić information content (AvgIpc) is 2.98. The third kappa shape index (κ3) is 4.18. The van der Waals surface area contributed by atoms with Gasteiger partial charge in [0, 0.05) is 5.69 Å². The van der Waals surface area contributed by atoms with Crippen molar-refractivity contribution in [2.45, 2.75) is 12.0 Å². The molecule has 0 unspecified atom stereocenters. The number of hydrogen-bond donors (Lipinski definition) is 2. The molecule has 8 nitrogen and oxygen atoms in total. The maximum atomic E-state index is 11.9. The minimum Gasteiger partial charge on any atom is -0.462 e. The van der Waals surface area contributed by atoms with Crippen molar-refractivity contribution in [3.63, 3.8) is 0 Å². The molecule has 1 aromatic heterocycles. The van der Waals surface area contributed by atoms with E-state index in [0.29, 0.717) is 11.3 Å². The summed E-state index contributed by atoms with van der Waals surface area (Å²) in [6.07, 6.45) is 0. The average molecular weight is 338 g/mol. The Labute approximate surface area is 132 Å². The molecular formula is C14H14N2O6S. The van der Waals surface area contributed by atoms with E-state index in [1.807, 2.05) is 0 Å². The maximum Gasteiger partial charge on any atom is 0.338 e. The van der Waals surface area contributed by atoms with E-state index in [1.165, 1.54) is 30.3 Å². The molecule has 0 radical (unpaired) electrons. The van der Waals surface area contributed by atoms with Gasteiger partial charge in [0.05, 0.1) is 12.2 Å². The van der Waals surface area contributed by atoms with Gasteiger partial charge in [-0.15, -0.1) is 0 Å². The smallest absolute Gasteiger partial charge is 0.338 e. The number of nitrogens with one attached hydrogen (secondary N) is 1. The van der Waals surface area contributed by atoms with Crippen LogP contribution in [0.25, 0.3) is 0 Å². The fourth-order valence-electron chi connectivity index (χ4n) is 1.69. The van der Waals surface area contributed by atoms with Crippen LogP contribution >= 0.6 is 0 Å². The van der Waals surface area contributed by atoms with Gasteiger partial charge in [-0.2, -0.15) is 0 Å². The predicted molar refractivity (Wildman–Crippen MR) is 80.4 cm³/mol. The van der Waals surface area contributed by atoms with E-state index >= 15 is 0 Å². The Balaban J connectivity index is 2.08. The largest absolute Gasteiger partial charge is 0.462 e. The summed E-state index contributed by atoms with van der Waals surface area (Å²) in [5.74, 6) is -1.32. The second-order valence-corrected chi connectivity index (χ2v) is 5.91. The number of carbonyl (C=O) groups excluding carboxylic acids is 2. The molecule has 1 aromatic carbocycles. The highest BCUT2D eigenvalue weighted by molar-refractivity contribution is 7.89. The van der Waals surface area contributed by atoms with Gasteiger partial charge in [0.15, 0.2) is 5.76 Å². The molecule has 0 saturated heterocycles. The maximum absolute atomic E-state index is 11.9. The zero-order chi connectivity index (χ0) is 17.0. The summed E-state index contributed by atoms with van der Waals surface area (Å²) in [7, 11) is -4.01. The molecule has 1 heterocycles. The summed E-state index contributed by atoms with van der Waals surface area (Å²) in [6.45, 7) is 1.97. The second kappa shape index (κ2) is 6.63. The number of nitrogens with two attached hydrogens (primary N) is 1. The fourth-order valence-corrected chi connectivity index (χ4v) is 2.16. The number of ether oxygens (including phenoxy) is 1. The molecule has 3 N–H and O–H groups in total. The topological polar surface area (TPSA) is 129 Å². The van der Waals surface area contributed by atoms with E-state index in [1.54, 1.807) is 6.92 Å². The third-order valence-electron chi connectivity index (χ3n) is 2.74. The first kappa shape index (κ1) is 16.7. The lowest BCUT2D eigenvalue weighted by atomic mass is 10.2. The van der Waals surface area contributed by atoms with Crippen molar-refractivity contribution in [2.24, 2.45) is 5.14 Å². The molecule has 0 aliphatic heterocycles. The SMILES string of the molecule is CCOC(=O)c1ccc(NC(=O)c2ccc(S(N)(=O)=O)o2)cc1. The number of carbonyl (C=O) groups is 2. The molecule has 0 atom stereocenters. The Bertz CT molecular complexity index is 823. The van der Waals surface area contributed by atoms with Crippen molar-refractivity contribution in [3.05, 3.63) is 47.7 Å². The first-order chi connectivity index (χ1) is 10.8. The highest BCUT2D eigenvalue weighted by Crippen LogP contribution is 2.15. The number of furan rings is 1. The van der Waals surface area contributed by atoms with Gasteiger partial charge in [0.1, 0.15) is 0 Å². The van der Waals surface area contributed by atoms with Gasteiger partial charge in [-0.1, -0.05) is 0 Å². The molecule has 0 spiro atoms. The Morgan fingerprint density at radius 3 is 2.35 bits per heavy atom. The number of primary sulfonamides is 1. The molecule has 1 amide bonds. The lowest BCUT2D eigenvalue weighted by Crippen LogP contribution is -2.13. The minimum atomic E-state index is -4.01. The standard InChI is InChI=1S/C14H14N2O6S/c1-2-21-14(18)9-3-5-10(6-4-9)16-13(17)11-7-8-12(22-11)23(15,19)20/h3-8H,2H2,1H3,(H,16,17)(H2,15,19,20). The zero-order valence-electron chi connectivity index (χ0n) is 12.1. The number of anilines is 1. The summed E-state index contributed by atoms with van der Waals surface area (Å²) in [6, 6.07) is 8.29. The molecule has 0 bridgehead atoms. The quantitative estimate of drug-likeness (QED) is 0.792. The van der Waals surface area contributed by atoms with Crippen molar-refractivity contribution < 1.29 is 27.2 Å². The van der Waals surface area contributed by atoms with E-state index in [2.05, 4.69) is 5.32 Å². The molecule has 0 fully saturated rings. The number of esters is 1. The molecule has 0 aliphatic rings. The van der Waals surface area contributed by atoms with Gasteiger partial charge in [-0.05, 0) is 43.3 Å². The van der Waals surface area contributed by atoms with Gasteiger partial charge in [-0.3, -0.25) is 4.79 Å². The summed E-state index contributed by atoms with van der Waals surface area (Å²) in [5.41, 5.74) is 0.746. The molecule has 23 heavy (non-hydrogen) atoms. The molecule has 122 valence electrons. The van der Waals surface area contributed by atoms with E-state index < -0.39 is 27.0 Å². The van der Waals surface area contributed by atoms with E-state index in [9.17, 15) is 18.0 Å². The summed E-state index contributed by atoms with van der Waals surface area (Å²) < 4.78 is 31.9. The number of hydrogen-bond acceptors (Lipinski definition) is 6. The third-order valence-corrected chi connectivity index (χ3v) is 3.52. The molecule has 9 heteroatoms. The highest BCUT2D eigenvalue weighted by atomic mass is 32.2.